The number of ether oxygens (including phenoxy) is 1. The number of carbonyl (C=O) groups excluding carboxylic acids is 3. The molecule has 2 unspecified atom stereocenters. The molecule has 2 aliphatic rings. The van der Waals surface area contributed by atoms with Crippen LogP contribution in [0.4, 0.5) is 4.39 Å². The Morgan fingerprint density at radius 2 is 2.03 bits per heavy atom. The summed E-state index contributed by atoms with van der Waals surface area (Å²) in [6, 6.07) is 5.79. The van der Waals surface area contributed by atoms with Crippen LogP contribution in [0.25, 0.3) is 6.08 Å². The summed E-state index contributed by atoms with van der Waals surface area (Å²) in [5.74, 6) is -0.709. The Morgan fingerprint density at radius 3 is 2.71 bits per heavy atom. The molecule has 2 heterocycles. The van der Waals surface area contributed by atoms with Gasteiger partial charge in [0.05, 0.1) is 38.0 Å². The minimum Gasteiger partial charge on any atom is -0.469 e. The predicted octanol–water partition coefficient (Wildman–Crippen LogP) is 3.44. The summed E-state index contributed by atoms with van der Waals surface area (Å²) in [6.45, 7) is 2.82. The number of carbonyl (C=O) groups is 3. The minimum atomic E-state index is -0.669. The highest BCUT2D eigenvalue weighted by Crippen LogP contribution is 2.40. The van der Waals surface area contributed by atoms with Gasteiger partial charge in [0.25, 0.3) is 0 Å². The molecule has 2 aromatic rings. The molecule has 4 rings (SSSR count). The van der Waals surface area contributed by atoms with E-state index in [2.05, 4.69) is 10.3 Å². The zero-order chi connectivity index (χ0) is 24.9. The van der Waals surface area contributed by atoms with E-state index in [0.29, 0.717) is 37.3 Å². The van der Waals surface area contributed by atoms with E-state index in [-0.39, 0.29) is 40.3 Å². The third-order valence-corrected chi connectivity index (χ3v) is 7.49. The molecule has 1 aliphatic carbocycles. The van der Waals surface area contributed by atoms with Gasteiger partial charge in [-0.3, -0.25) is 19.3 Å². The molecule has 1 saturated heterocycles. The molecule has 0 N–H and O–H groups in total. The highest BCUT2D eigenvalue weighted by atomic mass is 32.2. The van der Waals surface area contributed by atoms with Gasteiger partial charge in [-0.2, -0.15) is 0 Å². The second-order valence-electron chi connectivity index (χ2n) is 8.89. The highest BCUT2D eigenvalue weighted by molar-refractivity contribution is 8.14. The van der Waals surface area contributed by atoms with Crippen LogP contribution in [-0.2, 0) is 25.7 Å². The maximum atomic E-state index is 14.8. The standard InChI is InChI=1S/C25H29FN4O4S/c1-16(31)35-22-9-11-29(24(25(33)17-7-8-17)20-5-3-4-6-21(20)26)15-18(22)13-19-14-27-28-30(19)12-10-23(32)34-2/h3-6,13-14,17,22,24H,7-12,15H2,1-2H3/b18-13+. The van der Waals surface area contributed by atoms with Crippen LogP contribution in [-0.4, -0.2) is 62.2 Å². The van der Waals surface area contributed by atoms with Gasteiger partial charge in [-0.1, -0.05) is 35.2 Å². The molecule has 1 aromatic heterocycles. The number of aromatic nitrogens is 3. The monoisotopic (exact) mass is 500 g/mol. The number of methoxy groups -OCH3 is 1. The van der Waals surface area contributed by atoms with E-state index in [1.54, 1.807) is 29.1 Å². The van der Waals surface area contributed by atoms with E-state index in [9.17, 15) is 18.8 Å². The average Bonchev–Trinajstić information content (AvgIpc) is 3.60. The van der Waals surface area contributed by atoms with Crippen LogP contribution in [0, 0.1) is 11.7 Å². The Labute approximate surface area is 207 Å². The molecular weight excluding hydrogens is 471 g/mol. The maximum absolute atomic E-state index is 14.8. The first-order valence-corrected chi connectivity index (χ1v) is 12.6. The molecule has 0 radical (unpaired) electrons. The number of rotatable bonds is 9. The summed E-state index contributed by atoms with van der Waals surface area (Å²) in [6.07, 6.45) is 6.00. The molecular formula is C25H29FN4O4S. The summed E-state index contributed by atoms with van der Waals surface area (Å²) >= 11 is 1.26. The molecule has 8 nitrogen and oxygen atoms in total. The largest absolute Gasteiger partial charge is 0.469 e. The number of aryl methyl sites for hydroxylation is 1. The second kappa shape index (κ2) is 11.3. The number of hydrogen-bond donors (Lipinski definition) is 0. The van der Waals surface area contributed by atoms with Gasteiger partial charge in [0, 0.05) is 36.7 Å². The van der Waals surface area contributed by atoms with Gasteiger partial charge in [0.2, 0.25) is 0 Å². The number of nitrogens with zero attached hydrogens (tertiary/aromatic N) is 4. The molecule has 1 saturated carbocycles. The summed E-state index contributed by atoms with van der Waals surface area (Å²) in [5, 5.41) is 7.97. The third kappa shape index (κ3) is 6.24. The van der Waals surface area contributed by atoms with Crippen molar-refractivity contribution in [2.24, 2.45) is 5.92 Å². The number of thioether (sulfide) groups is 1. The Hall–Kier alpha value is -2.85. The predicted molar refractivity (Wildman–Crippen MR) is 130 cm³/mol. The van der Waals surface area contributed by atoms with Crippen LogP contribution in [0.2, 0.25) is 0 Å². The lowest BCUT2D eigenvalue weighted by molar-refractivity contribution is -0.140. The van der Waals surface area contributed by atoms with Crippen molar-refractivity contribution in [2.45, 2.75) is 50.4 Å². The SMILES string of the molecule is COC(=O)CCn1nncc1/C=C1\CN(C(C(=O)C2CC2)c2ccccc2F)CCC1SC(C)=O. The zero-order valence-corrected chi connectivity index (χ0v) is 20.7. The topological polar surface area (TPSA) is 94.4 Å². The summed E-state index contributed by atoms with van der Waals surface area (Å²) in [7, 11) is 1.33. The van der Waals surface area contributed by atoms with Gasteiger partial charge in [-0.05, 0) is 37.0 Å². The molecule has 186 valence electrons. The smallest absolute Gasteiger partial charge is 0.307 e. The normalized spacial score (nSPS) is 20.5. The molecule has 0 bridgehead atoms. The first-order valence-electron chi connectivity index (χ1n) is 11.7. The lowest BCUT2D eigenvalue weighted by atomic mass is 9.93. The zero-order valence-electron chi connectivity index (χ0n) is 19.9. The van der Waals surface area contributed by atoms with Crippen LogP contribution in [0.3, 0.4) is 0 Å². The second-order valence-corrected chi connectivity index (χ2v) is 10.3. The molecule has 35 heavy (non-hydrogen) atoms. The van der Waals surface area contributed by atoms with Crippen molar-refractivity contribution >= 4 is 34.7 Å². The molecule has 1 aromatic carbocycles. The van der Waals surface area contributed by atoms with Crippen molar-refractivity contribution in [2.75, 3.05) is 20.2 Å². The molecule has 10 heteroatoms. The fourth-order valence-electron chi connectivity index (χ4n) is 4.44. The van der Waals surface area contributed by atoms with Gasteiger partial charge in [0.15, 0.2) is 10.9 Å². The number of esters is 1. The Bertz CT molecular complexity index is 1130. The van der Waals surface area contributed by atoms with Crippen molar-refractivity contribution < 1.29 is 23.5 Å². The van der Waals surface area contributed by atoms with Crippen LogP contribution in [0.15, 0.2) is 36.0 Å². The number of Topliss-reactive ketones (excluding diaryl/α,β-unsaturated/α-hetero) is 1. The Morgan fingerprint density at radius 1 is 1.26 bits per heavy atom. The fraction of sp³-hybridized carbons (Fsp3) is 0.480. The molecule has 1 aliphatic heterocycles. The van der Waals surface area contributed by atoms with Crippen molar-refractivity contribution in [1.29, 1.82) is 0 Å². The number of ketones is 1. The maximum Gasteiger partial charge on any atom is 0.307 e. The number of halogens is 1. The van der Waals surface area contributed by atoms with E-state index in [1.165, 1.54) is 31.9 Å². The van der Waals surface area contributed by atoms with Gasteiger partial charge in [-0.15, -0.1) is 5.10 Å². The molecule has 2 fully saturated rings. The first kappa shape index (κ1) is 25.2. The number of benzene rings is 1. The van der Waals surface area contributed by atoms with Crippen LogP contribution in [0.1, 0.15) is 49.9 Å². The van der Waals surface area contributed by atoms with E-state index in [4.69, 9.17) is 4.74 Å². The summed E-state index contributed by atoms with van der Waals surface area (Å²) < 4.78 is 21.1. The van der Waals surface area contributed by atoms with E-state index >= 15 is 0 Å². The van der Waals surface area contributed by atoms with Crippen molar-refractivity contribution in [3.63, 3.8) is 0 Å². The third-order valence-electron chi connectivity index (χ3n) is 6.34. The van der Waals surface area contributed by atoms with Gasteiger partial charge < -0.3 is 4.74 Å². The number of likely N-dealkylation sites (tertiary alicyclic amines) is 1. The minimum absolute atomic E-state index is 0.00591. The fourth-order valence-corrected chi connectivity index (χ4v) is 5.35. The average molecular weight is 501 g/mol. The molecule has 0 spiro atoms. The lowest BCUT2D eigenvalue weighted by Crippen LogP contribution is -2.43. The van der Waals surface area contributed by atoms with Gasteiger partial charge in [0.1, 0.15) is 5.82 Å². The highest BCUT2D eigenvalue weighted by Gasteiger charge is 2.41. The summed E-state index contributed by atoms with van der Waals surface area (Å²) in [5.41, 5.74) is 2.02. The van der Waals surface area contributed by atoms with E-state index in [1.807, 2.05) is 11.0 Å². The van der Waals surface area contributed by atoms with Crippen LogP contribution >= 0.6 is 11.8 Å². The first-order chi connectivity index (χ1) is 16.9. The molecule has 2 atom stereocenters. The van der Waals surface area contributed by atoms with E-state index in [0.717, 1.165) is 18.4 Å². The lowest BCUT2D eigenvalue weighted by Gasteiger charge is -2.38. The van der Waals surface area contributed by atoms with Crippen molar-refractivity contribution in [3.05, 3.63) is 53.1 Å². The van der Waals surface area contributed by atoms with Crippen LogP contribution in [0.5, 0.6) is 0 Å². The Kier molecular flexibility index (Phi) is 8.12. The summed E-state index contributed by atoms with van der Waals surface area (Å²) in [4.78, 5) is 38.9. The van der Waals surface area contributed by atoms with E-state index < -0.39 is 6.04 Å². The van der Waals surface area contributed by atoms with Crippen molar-refractivity contribution in [3.8, 4) is 0 Å². The Balaban J connectivity index is 1.64. The van der Waals surface area contributed by atoms with Gasteiger partial charge in [-0.25, -0.2) is 9.07 Å². The molecule has 0 amide bonds. The van der Waals surface area contributed by atoms with Gasteiger partial charge >= 0.3 is 5.97 Å². The van der Waals surface area contributed by atoms with Crippen molar-refractivity contribution in [1.82, 2.24) is 19.9 Å². The number of piperidine rings is 1. The van der Waals surface area contributed by atoms with Crippen LogP contribution < -0.4 is 0 Å². The quantitative estimate of drug-likeness (QED) is 0.484. The number of hydrogen-bond acceptors (Lipinski definition) is 8.